The number of benzene rings is 1. The van der Waals surface area contributed by atoms with E-state index in [9.17, 15) is 18.0 Å². The van der Waals surface area contributed by atoms with Crippen molar-refractivity contribution in [2.24, 2.45) is 0 Å². The van der Waals surface area contributed by atoms with E-state index in [1.54, 1.807) is 6.07 Å². The highest BCUT2D eigenvalue weighted by Crippen LogP contribution is 2.32. The number of anilines is 1. The fraction of sp³-hybridized carbons (Fsp3) is 0.0769. The number of halogens is 5. The van der Waals surface area contributed by atoms with E-state index in [4.69, 9.17) is 11.6 Å². The van der Waals surface area contributed by atoms with Gasteiger partial charge in [-0.15, -0.1) is 0 Å². The van der Waals surface area contributed by atoms with Gasteiger partial charge in [0.1, 0.15) is 0 Å². The van der Waals surface area contributed by atoms with Gasteiger partial charge in [-0.1, -0.05) is 11.6 Å². The number of aromatic nitrogens is 1. The molecule has 1 heterocycles. The highest BCUT2D eigenvalue weighted by molar-refractivity contribution is 9.10. The molecule has 0 radical (unpaired) electrons. The van der Waals surface area contributed by atoms with E-state index < -0.39 is 17.6 Å². The van der Waals surface area contributed by atoms with E-state index in [1.165, 1.54) is 18.3 Å². The fourth-order valence-corrected chi connectivity index (χ4v) is 2.14. The maximum atomic E-state index is 12.7. The Morgan fingerprint density at radius 1 is 1.29 bits per heavy atom. The molecule has 0 atom stereocenters. The molecule has 0 spiro atoms. The number of nitrogens with one attached hydrogen (secondary N) is 1. The Balaban J connectivity index is 2.33. The van der Waals surface area contributed by atoms with Gasteiger partial charge in [-0.05, 0) is 46.3 Å². The van der Waals surface area contributed by atoms with Crippen LogP contribution in [0.3, 0.4) is 0 Å². The Morgan fingerprint density at radius 3 is 2.62 bits per heavy atom. The molecule has 1 N–H and O–H groups in total. The Bertz CT molecular complexity index is 691. The van der Waals surface area contributed by atoms with Gasteiger partial charge in [-0.2, -0.15) is 13.2 Å². The quantitative estimate of drug-likeness (QED) is 0.764. The molecule has 2 rings (SSSR count). The number of alkyl halides is 3. The second kappa shape index (κ2) is 6.03. The number of rotatable bonds is 2. The van der Waals surface area contributed by atoms with Crippen molar-refractivity contribution in [2.75, 3.05) is 5.32 Å². The van der Waals surface area contributed by atoms with E-state index in [2.05, 4.69) is 26.2 Å². The van der Waals surface area contributed by atoms with Crippen molar-refractivity contribution in [3.63, 3.8) is 0 Å². The third kappa shape index (κ3) is 3.74. The molecule has 0 aliphatic carbocycles. The van der Waals surface area contributed by atoms with Crippen molar-refractivity contribution < 1.29 is 18.0 Å². The molecule has 8 heteroatoms. The summed E-state index contributed by atoms with van der Waals surface area (Å²) in [6, 6.07) is 5.86. The van der Waals surface area contributed by atoms with Gasteiger partial charge in [0.2, 0.25) is 0 Å². The van der Waals surface area contributed by atoms with Crippen LogP contribution in [0.5, 0.6) is 0 Å². The van der Waals surface area contributed by atoms with Crippen LogP contribution >= 0.6 is 27.5 Å². The molecule has 2 aromatic rings. The van der Waals surface area contributed by atoms with E-state index in [-0.39, 0.29) is 20.9 Å². The molecule has 1 aromatic carbocycles. The zero-order valence-electron chi connectivity index (χ0n) is 10.2. The topological polar surface area (TPSA) is 42.0 Å². The molecule has 0 fully saturated rings. The normalized spacial score (nSPS) is 11.3. The van der Waals surface area contributed by atoms with E-state index in [0.717, 1.165) is 12.1 Å². The van der Waals surface area contributed by atoms with Crippen molar-refractivity contribution in [1.29, 1.82) is 0 Å². The Kier molecular flexibility index (Phi) is 4.53. The maximum Gasteiger partial charge on any atom is 0.416 e. The predicted molar refractivity (Wildman–Crippen MR) is 76.3 cm³/mol. The number of nitrogens with zero attached hydrogens (tertiary/aromatic N) is 1. The van der Waals surface area contributed by atoms with E-state index >= 15 is 0 Å². The monoisotopic (exact) mass is 378 g/mol. The molecule has 0 unspecified atom stereocenters. The molecule has 3 nitrogen and oxygen atoms in total. The van der Waals surface area contributed by atoms with Gasteiger partial charge in [-0.25, -0.2) is 4.98 Å². The highest BCUT2D eigenvalue weighted by Gasteiger charge is 2.31. The lowest BCUT2D eigenvalue weighted by atomic mass is 10.1. The average Bonchev–Trinajstić information content (AvgIpc) is 2.40. The van der Waals surface area contributed by atoms with Crippen LogP contribution in [-0.4, -0.2) is 10.9 Å². The van der Waals surface area contributed by atoms with Gasteiger partial charge in [-0.3, -0.25) is 4.79 Å². The van der Waals surface area contributed by atoms with Gasteiger partial charge in [0.25, 0.3) is 5.91 Å². The highest BCUT2D eigenvalue weighted by atomic mass is 79.9. The minimum absolute atomic E-state index is 0.0500. The first-order valence-electron chi connectivity index (χ1n) is 5.57. The van der Waals surface area contributed by atoms with Crippen molar-refractivity contribution in [3.8, 4) is 0 Å². The summed E-state index contributed by atoms with van der Waals surface area (Å²) in [5, 5.41) is 2.47. The summed E-state index contributed by atoms with van der Waals surface area (Å²) < 4.78 is 38.3. The van der Waals surface area contributed by atoms with Crippen LogP contribution in [0.4, 0.5) is 18.9 Å². The molecule has 0 saturated carbocycles. The molecular formula is C13H7BrClF3N2O. The Morgan fingerprint density at radius 2 is 2.00 bits per heavy atom. The van der Waals surface area contributed by atoms with Gasteiger partial charge >= 0.3 is 6.18 Å². The Labute approximate surface area is 131 Å². The lowest BCUT2D eigenvalue weighted by Gasteiger charge is -2.11. The average molecular weight is 380 g/mol. The van der Waals surface area contributed by atoms with Crippen LogP contribution in [0.15, 0.2) is 41.0 Å². The summed E-state index contributed by atoms with van der Waals surface area (Å²) in [4.78, 5) is 15.8. The van der Waals surface area contributed by atoms with Crippen molar-refractivity contribution in [2.45, 2.75) is 6.18 Å². The summed E-state index contributed by atoms with van der Waals surface area (Å²) in [6.45, 7) is 0. The first kappa shape index (κ1) is 15.8. The molecule has 110 valence electrons. The minimum Gasteiger partial charge on any atom is -0.319 e. The molecule has 1 aromatic heterocycles. The van der Waals surface area contributed by atoms with E-state index in [0.29, 0.717) is 0 Å². The summed E-state index contributed by atoms with van der Waals surface area (Å²) in [5.74, 6) is -0.720. The largest absolute Gasteiger partial charge is 0.416 e. The lowest BCUT2D eigenvalue weighted by Crippen LogP contribution is -2.15. The van der Waals surface area contributed by atoms with Crippen LogP contribution in [-0.2, 0) is 6.18 Å². The third-order valence-corrected chi connectivity index (χ3v) is 3.54. The lowest BCUT2D eigenvalue weighted by molar-refractivity contribution is -0.137. The minimum atomic E-state index is -4.53. The fourth-order valence-electron chi connectivity index (χ4n) is 1.54. The first-order valence-corrected chi connectivity index (χ1v) is 6.75. The Hall–Kier alpha value is -1.60. The number of amides is 1. The number of hydrogen-bond donors (Lipinski definition) is 1. The van der Waals surface area contributed by atoms with Crippen LogP contribution in [0.2, 0.25) is 5.15 Å². The summed E-state index contributed by atoms with van der Waals surface area (Å²) in [7, 11) is 0. The van der Waals surface area contributed by atoms with E-state index in [1.807, 2.05) is 0 Å². The zero-order valence-corrected chi connectivity index (χ0v) is 12.6. The summed E-state index contributed by atoms with van der Waals surface area (Å²) >= 11 is 8.83. The molecule has 1 amide bonds. The number of hydrogen-bond acceptors (Lipinski definition) is 2. The number of carbonyl (C=O) groups excluding carboxylic acids is 1. The molecule has 0 aliphatic heterocycles. The molecule has 0 saturated heterocycles. The van der Waals surface area contributed by atoms with Crippen LogP contribution in [0, 0.1) is 0 Å². The van der Waals surface area contributed by atoms with Crippen LogP contribution in [0.25, 0.3) is 0 Å². The van der Waals surface area contributed by atoms with Gasteiger partial charge in [0.15, 0.2) is 5.15 Å². The van der Waals surface area contributed by atoms with Crippen LogP contribution in [0.1, 0.15) is 15.9 Å². The summed E-state index contributed by atoms with van der Waals surface area (Å²) in [5.41, 5.74) is -0.841. The maximum absolute atomic E-state index is 12.7. The second-order valence-corrected chi connectivity index (χ2v) is 5.20. The van der Waals surface area contributed by atoms with Gasteiger partial charge in [0.05, 0.1) is 16.8 Å². The smallest absolute Gasteiger partial charge is 0.319 e. The molecular weight excluding hydrogens is 373 g/mol. The second-order valence-electron chi connectivity index (χ2n) is 3.99. The van der Waals surface area contributed by atoms with Crippen molar-refractivity contribution in [3.05, 3.63) is 57.3 Å². The first-order chi connectivity index (χ1) is 9.79. The summed E-state index contributed by atoms with van der Waals surface area (Å²) in [6.07, 6.45) is -3.10. The SMILES string of the molecule is O=C(Nc1cccnc1Cl)c1cc(C(F)(F)F)ccc1Br. The van der Waals surface area contributed by atoms with Gasteiger partial charge in [0, 0.05) is 10.7 Å². The number of pyridine rings is 1. The van der Waals surface area contributed by atoms with Crippen molar-refractivity contribution >= 4 is 39.1 Å². The zero-order chi connectivity index (χ0) is 15.6. The third-order valence-electron chi connectivity index (χ3n) is 2.55. The molecule has 0 aliphatic rings. The molecule has 21 heavy (non-hydrogen) atoms. The van der Waals surface area contributed by atoms with Crippen LogP contribution < -0.4 is 5.32 Å². The number of carbonyl (C=O) groups is 1. The van der Waals surface area contributed by atoms with Gasteiger partial charge < -0.3 is 5.32 Å². The standard InChI is InChI=1S/C13H7BrClF3N2O/c14-9-4-3-7(13(16,17)18)6-8(9)12(21)20-10-2-1-5-19-11(10)15/h1-6H,(H,20,21). The predicted octanol–water partition coefficient (Wildman–Crippen LogP) is 4.77. The van der Waals surface area contributed by atoms with Crippen molar-refractivity contribution in [1.82, 2.24) is 4.98 Å². The molecule has 0 bridgehead atoms.